The van der Waals surface area contributed by atoms with Crippen LogP contribution in [0.4, 0.5) is 0 Å². The minimum absolute atomic E-state index is 0. The molecule has 2 nitrogen and oxygen atoms in total. The van der Waals surface area contributed by atoms with E-state index in [0.717, 1.165) is 6.16 Å². The van der Waals surface area contributed by atoms with E-state index in [0.29, 0.717) is 0 Å². The van der Waals surface area contributed by atoms with Gasteiger partial charge >= 0.3 is 0 Å². The molecule has 10 heteroatoms. The fourth-order valence-electron chi connectivity index (χ4n) is 1.12. The molecule has 0 aromatic carbocycles. The van der Waals surface area contributed by atoms with Crippen molar-refractivity contribution in [3.8, 4) is 0 Å². The predicted molar refractivity (Wildman–Crippen MR) is 152 cm³/mol. The largest absolute Gasteiger partial charge is 0.424 e. The molecular weight excluding hydrogens is 606 g/mol. The zero-order valence-corrected chi connectivity index (χ0v) is 25.1. The third-order valence-electron chi connectivity index (χ3n) is 3.04. The van der Waals surface area contributed by atoms with Gasteiger partial charge in [0.25, 0.3) is 0 Å². The van der Waals surface area contributed by atoms with Gasteiger partial charge in [0.1, 0.15) is 0 Å². The highest BCUT2D eigenvalue weighted by atomic mass is 127. The maximum absolute atomic E-state index is 5.49. The fraction of sp³-hybridized carbons (Fsp3) is 0.867. The van der Waals surface area contributed by atoms with E-state index in [1.54, 1.807) is 7.11 Å². The zero-order chi connectivity index (χ0) is 19.6. The van der Waals surface area contributed by atoms with Crippen molar-refractivity contribution in [2.45, 2.75) is 59.7 Å². The molecule has 0 bridgehead atoms. The molecule has 2 unspecified atom stereocenters. The van der Waals surface area contributed by atoms with E-state index >= 15 is 0 Å². The summed E-state index contributed by atoms with van der Waals surface area (Å²) in [4.78, 5) is 0. The van der Waals surface area contributed by atoms with Crippen LogP contribution in [0.3, 0.4) is 0 Å². The van der Waals surface area contributed by atoms with Crippen LogP contribution in [0, 0.1) is 0 Å². The summed E-state index contributed by atoms with van der Waals surface area (Å²) in [6.45, 7) is 21.3. The molecule has 0 aromatic heterocycles. The first-order valence-corrected chi connectivity index (χ1v) is 22.9. The SMILES string of the molecule is C.C=CCP(I)[B]C.CO[SiH](C)C.C[B]P(I)CCC[Si](C)(C)OC. The van der Waals surface area contributed by atoms with E-state index in [2.05, 4.69) is 104 Å². The number of hydrogen-bond acceptors (Lipinski definition) is 2. The first kappa shape index (κ1) is 35.0. The lowest BCUT2D eigenvalue weighted by Crippen LogP contribution is -2.28. The minimum Gasteiger partial charge on any atom is -0.424 e. The van der Waals surface area contributed by atoms with Crippen molar-refractivity contribution in [2.75, 3.05) is 26.5 Å². The van der Waals surface area contributed by atoms with Crippen molar-refractivity contribution in [1.82, 2.24) is 0 Å². The molecule has 2 radical (unpaired) electrons. The van der Waals surface area contributed by atoms with Crippen molar-refractivity contribution >= 4 is 86.3 Å². The molecule has 150 valence electrons. The van der Waals surface area contributed by atoms with Gasteiger partial charge in [0.15, 0.2) is 31.4 Å². The van der Waals surface area contributed by atoms with Gasteiger partial charge in [-0.05, 0) is 51.0 Å². The van der Waals surface area contributed by atoms with Gasteiger partial charge in [-0.3, -0.25) is 0 Å². The smallest absolute Gasteiger partial charge is 0.186 e. The molecular formula is C15H40B2I2O2P2Si2. The average Bonchev–Trinajstić information content (AvgIpc) is 2.55. The monoisotopic (exact) mass is 646 g/mol. The maximum atomic E-state index is 5.49. The van der Waals surface area contributed by atoms with Gasteiger partial charge in [0, 0.05) is 14.2 Å². The van der Waals surface area contributed by atoms with Gasteiger partial charge in [-0.1, -0.05) is 82.1 Å². The van der Waals surface area contributed by atoms with Crippen LogP contribution in [-0.4, -0.2) is 57.9 Å². The summed E-state index contributed by atoms with van der Waals surface area (Å²) in [5.41, 5.74) is 0.324. The highest BCUT2D eigenvalue weighted by Gasteiger charge is 2.19. The first-order chi connectivity index (χ1) is 11.1. The van der Waals surface area contributed by atoms with Crippen LogP contribution in [0.15, 0.2) is 12.7 Å². The standard InChI is InChI=1S/C7H18BIOPSi.C4H8BIP.C3H10OSi.CH4/c1-8-11(9)6-5-7-12(3,4)10-2;1-3-4-7(6)5-2;1-4-5(2)3;/h5-7H2,1-4H3;3H,1,4H2,2H3;5H,1-3H3;1H4. The molecule has 0 aliphatic heterocycles. The molecule has 2 atom stereocenters. The Bertz CT molecular complexity index is 284. The highest BCUT2D eigenvalue weighted by Crippen LogP contribution is 2.43. The summed E-state index contributed by atoms with van der Waals surface area (Å²) in [6, 6.07) is 1.30. The third-order valence-corrected chi connectivity index (χ3v) is 15.1. The van der Waals surface area contributed by atoms with E-state index < -0.39 is 17.4 Å². The molecule has 0 aliphatic rings. The molecule has 0 heterocycles. The molecule has 0 aliphatic carbocycles. The predicted octanol–water partition coefficient (Wildman–Crippen LogP) is 7.65. The summed E-state index contributed by atoms with van der Waals surface area (Å²) in [6.07, 6.45) is 5.84. The van der Waals surface area contributed by atoms with Gasteiger partial charge in [0.2, 0.25) is 0 Å². The van der Waals surface area contributed by atoms with E-state index in [4.69, 9.17) is 8.85 Å². The van der Waals surface area contributed by atoms with Crippen molar-refractivity contribution in [2.24, 2.45) is 0 Å². The van der Waals surface area contributed by atoms with Crippen molar-refractivity contribution in [3.05, 3.63) is 12.7 Å². The normalized spacial score (nSPS) is 12.4. The molecule has 0 rings (SSSR count). The van der Waals surface area contributed by atoms with Crippen LogP contribution in [0.25, 0.3) is 0 Å². The van der Waals surface area contributed by atoms with Crippen LogP contribution >= 0.6 is 55.0 Å². The molecule has 0 amide bonds. The third kappa shape index (κ3) is 34.5. The molecule has 0 aromatic rings. The first-order valence-electron chi connectivity index (χ1n) is 8.22. The van der Waals surface area contributed by atoms with Crippen molar-refractivity contribution < 1.29 is 8.85 Å². The lowest BCUT2D eigenvalue weighted by molar-refractivity contribution is 0.403. The summed E-state index contributed by atoms with van der Waals surface area (Å²) < 4.78 is 10.4. The van der Waals surface area contributed by atoms with E-state index in [-0.39, 0.29) is 18.3 Å². The summed E-state index contributed by atoms with van der Waals surface area (Å²) in [5, 5.41) is 0. The van der Waals surface area contributed by atoms with Crippen LogP contribution in [0.1, 0.15) is 13.8 Å². The lowest BCUT2D eigenvalue weighted by atomic mass is 10.2. The van der Waals surface area contributed by atoms with Crippen LogP contribution in [0.2, 0.25) is 45.9 Å². The van der Waals surface area contributed by atoms with Gasteiger partial charge in [-0.15, -0.1) is 6.58 Å². The Morgan fingerprint density at radius 3 is 1.80 bits per heavy atom. The Morgan fingerprint density at radius 1 is 1.12 bits per heavy atom. The van der Waals surface area contributed by atoms with Crippen molar-refractivity contribution in [3.63, 3.8) is 0 Å². The van der Waals surface area contributed by atoms with Gasteiger partial charge in [-0.2, -0.15) is 0 Å². The molecule has 0 N–H and O–H groups in total. The van der Waals surface area contributed by atoms with E-state index in [9.17, 15) is 0 Å². The van der Waals surface area contributed by atoms with Crippen LogP contribution in [0.5, 0.6) is 0 Å². The second kappa shape index (κ2) is 24.6. The van der Waals surface area contributed by atoms with Crippen LogP contribution in [-0.2, 0) is 8.85 Å². The topological polar surface area (TPSA) is 18.5 Å². The summed E-state index contributed by atoms with van der Waals surface area (Å²) in [7, 11) is 1.70. The number of allylic oxidation sites excluding steroid dienone is 1. The minimum atomic E-state index is -1.26. The summed E-state index contributed by atoms with van der Waals surface area (Å²) in [5.74, 6) is 0. The van der Waals surface area contributed by atoms with Crippen LogP contribution < -0.4 is 0 Å². The number of hydrogen-bond donors (Lipinski definition) is 0. The maximum Gasteiger partial charge on any atom is 0.186 e. The molecule has 0 fully saturated rings. The fourth-order valence-corrected chi connectivity index (χ4v) is 5.68. The molecule has 0 saturated carbocycles. The second-order valence-electron chi connectivity index (χ2n) is 5.86. The average molecular weight is 646 g/mol. The van der Waals surface area contributed by atoms with Gasteiger partial charge in [0.05, 0.1) is 0 Å². The number of halogens is 2. The van der Waals surface area contributed by atoms with E-state index in [1.165, 1.54) is 18.6 Å². The Kier molecular flexibility index (Phi) is 34.4. The Balaban J connectivity index is -0.000000145. The van der Waals surface area contributed by atoms with Crippen molar-refractivity contribution in [1.29, 1.82) is 0 Å². The highest BCUT2D eigenvalue weighted by molar-refractivity contribution is 14.2. The second-order valence-corrected chi connectivity index (χ2v) is 23.7. The Morgan fingerprint density at radius 2 is 1.56 bits per heavy atom. The Hall–Kier alpha value is 2.54. The quantitative estimate of drug-likeness (QED) is 0.105. The lowest BCUT2D eigenvalue weighted by Gasteiger charge is -2.20. The van der Waals surface area contributed by atoms with E-state index in [1.807, 2.05) is 13.2 Å². The molecule has 0 spiro atoms. The van der Waals surface area contributed by atoms with Gasteiger partial charge in [-0.25, -0.2) is 0 Å². The molecule has 0 saturated heterocycles. The van der Waals surface area contributed by atoms with Gasteiger partial charge < -0.3 is 8.85 Å². The summed E-state index contributed by atoms with van der Waals surface area (Å²) >= 11 is 5.00. The zero-order valence-electron chi connectivity index (χ0n) is 16.8. The number of rotatable bonds is 10. The molecule has 25 heavy (non-hydrogen) atoms. The Labute approximate surface area is 192 Å².